The zero-order chi connectivity index (χ0) is 12.4. The molecular formula is C11H17N3O2S. The topological polar surface area (TPSA) is 75.1 Å². The van der Waals surface area contributed by atoms with Crippen molar-refractivity contribution >= 4 is 22.6 Å². The lowest BCUT2D eigenvalue weighted by molar-refractivity contribution is -0.137. The van der Waals surface area contributed by atoms with E-state index in [1.807, 2.05) is 13.8 Å². The maximum absolute atomic E-state index is 10.8. The van der Waals surface area contributed by atoms with Crippen LogP contribution in [-0.2, 0) is 4.79 Å². The average Bonchev–Trinajstić information content (AvgIpc) is 2.97. The summed E-state index contributed by atoms with van der Waals surface area (Å²) in [5, 5.41) is 12.8. The lowest BCUT2D eigenvalue weighted by Gasteiger charge is -2.14. The molecule has 1 unspecified atom stereocenters. The molecule has 2 N–H and O–H groups in total. The molecular weight excluding hydrogens is 238 g/mol. The lowest BCUT2D eigenvalue weighted by atomic mass is 10.1. The molecule has 1 aromatic rings. The molecule has 0 spiro atoms. The number of aliphatic carboxylic acids is 1. The van der Waals surface area contributed by atoms with Crippen molar-refractivity contribution in [1.29, 1.82) is 0 Å². The van der Waals surface area contributed by atoms with Gasteiger partial charge in [-0.05, 0) is 18.8 Å². The molecule has 0 radical (unpaired) electrons. The molecule has 0 aromatic carbocycles. The first-order valence-corrected chi connectivity index (χ1v) is 6.65. The van der Waals surface area contributed by atoms with Gasteiger partial charge in [0, 0.05) is 23.5 Å². The monoisotopic (exact) mass is 255 g/mol. The average molecular weight is 255 g/mol. The number of carbonyl (C=O) groups is 1. The van der Waals surface area contributed by atoms with Crippen LogP contribution < -0.4 is 5.32 Å². The van der Waals surface area contributed by atoms with Crippen LogP contribution in [0.4, 0.5) is 5.13 Å². The van der Waals surface area contributed by atoms with E-state index in [1.54, 1.807) is 0 Å². The molecule has 2 rings (SSSR count). The van der Waals surface area contributed by atoms with E-state index in [0.29, 0.717) is 11.8 Å². The van der Waals surface area contributed by atoms with Crippen LogP contribution in [0.15, 0.2) is 0 Å². The molecule has 1 aliphatic carbocycles. The normalized spacial score (nSPS) is 17.1. The van der Waals surface area contributed by atoms with E-state index in [1.165, 1.54) is 11.5 Å². The second-order valence-corrected chi connectivity index (χ2v) is 5.55. The van der Waals surface area contributed by atoms with Gasteiger partial charge in [0.2, 0.25) is 5.13 Å². The van der Waals surface area contributed by atoms with Crippen molar-refractivity contribution in [1.82, 2.24) is 9.36 Å². The summed E-state index contributed by atoms with van der Waals surface area (Å²) in [5.74, 6) is 0.850. The van der Waals surface area contributed by atoms with E-state index in [-0.39, 0.29) is 12.5 Å². The Balaban J connectivity index is 1.98. The van der Waals surface area contributed by atoms with E-state index in [0.717, 1.165) is 23.8 Å². The molecule has 17 heavy (non-hydrogen) atoms. The molecule has 94 valence electrons. The van der Waals surface area contributed by atoms with Gasteiger partial charge in [-0.2, -0.15) is 4.37 Å². The fourth-order valence-corrected chi connectivity index (χ4v) is 2.48. The minimum Gasteiger partial charge on any atom is -0.481 e. The van der Waals surface area contributed by atoms with Crippen LogP contribution in [0.1, 0.15) is 44.9 Å². The zero-order valence-corrected chi connectivity index (χ0v) is 10.8. The fourth-order valence-electron chi connectivity index (χ4n) is 1.71. The summed E-state index contributed by atoms with van der Waals surface area (Å²) in [5.41, 5.74) is 0. The Morgan fingerprint density at radius 1 is 1.59 bits per heavy atom. The number of anilines is 1. The summed E-state index contributed by atoms with van der Waals surface area (Å²) in [6, 6.07) is 0.000428. The molecule has 5 nitrogen and oxygen atoms in total. The van der Waals surface area contributed by atoms with Crippen molar-refractivity contribution in [2.24, 2.45) is 5.92 Å². The minimum atomic E-state index is -0.761. The summed E-state index contributed by atoms with van der Waals surface area (Å²) in [7, 11) is 0. The molecule has 1 fully saturated rings. The Kier molecular flexibility index (Phi) is 3.61. The van der Waals surface area contributed by atoms with Gasteiger partial charge in [-0.25, -0.2) is 4.98 Å². The first-order chi connectivity index (χ1) is 8.06. The first kappa shape index (κ1) is 12.3. The predicted octanol–water partition coefficient (Wildman–Crippen LogP) is 2.33. The molecule has 0 amide bonds. The van der Waals surface area contributed by atoms with Gasteiger partial charge in [0.25, 0.3) is 0 Å². The maximum Gasteiger partial charge on any atom is 0.305 e. The van der Waals surface area contributed by atoms with Crippen molar-refractivity contribution in [3.63, 3.8) is 0 Å². The largest absolute Gasteiger partial charge is 0.481 e. The number of aromatic nitrogens is 2. The van der Waals surface area contributed by atoms with Gasteiger partial charge in [-0.1, -0.05) is 13.8 Å². The number of carboxylic acids is 1. The van der Waals surface area contributed by atoms with E-state index in [2.05, 4.69) is 14.7 Å². The van der Waals surface area contributed by atoms with Crippen LogP contribution in [0, 0.1) is 5.92 Å². The van der Waals surface area contributed by atoms with Crippen LogP contribution in [0.25, 0.3) is 0 Å². The van der Waals surface area contributed by atoms with E-state index in [4.69, 9.17) is 5.11 Å². The van der Waals surface area contributed by atoms with Crippen molar-refractivity contribution in [3.05, 3.63) is 5.82 Å². The van der Waals surface area contributed by atoms with E-state index >= 15 is 0 Å². The quantitative estimate of drug-likeness (QED) is 0.816. The summed E-state index contributed by atoms with van der Waals surface area (Å²) in [6.07, 6.45) is 2.38. The Bertz CT molecular complexity index is 401. The molecule has 1 saturated carbocycles. The molecule has 6 heteroatoms. The number of hydrogen-bond acceptors (Lipinski definition) is 5. The Morgan fingerprint density at radius 3 is 2.76 bits per heavy atom. The molecule has 1 aliphatic rings. The molecule has 1 aromatic heterocycles. The van der Waals surface area contributed by atoms with Gasteiger partial charge < -0.3 is 10.4 Å². The van der Waals surface area contributed by atoms with Gasteiger partial charge in [-0.3, -0.25) is 4.79 Å². The maximum atomic E-state index is 10.8. The number of nitrogens with zero attached hydrogens (tertiary/aromatic N) is 2. The third kappa shape index (κ3) is 3.39. The zero-order valence-electron chi connectivity index (χ0n) is 10.0. The van der Waals surface area contributed by atoms with Crippen LogP contribution in [0.5, 0.6) is 0 Å². The van der Waals surface area contributed by atoms with Gasteiger partial charge in [-0.15, -0.1) is 0 Å². The van der Waals surface area contributed by atoms with Gasteiger partial charge in [0.05, 0.1) is 6.42 Å². The Labute approximate surface area is 104 Å². The SMILES string of the molecule is CC(C)c1nsc(NC(CC(=O)O)C2CC2)n1. The molecule has 1 heterocycles. The van der Waals surface area contributed by atoms with Crippen LogP contribution in [0.3, 0.4) is 0 Å². The lowest BCUT2D eigenvalue weighted by Crippen LogP contribution is -2.25. The number of nitrogens with one attached hydrogen (secondary N) is 1. The second-order valence-electron chi connectivity index (χ2n) is 4.80. The van der Waals surface area contributed by atoms with Gasteiger partial charge in [0.1, 0.15) is 5.82 Å². The second kappa shape index (κ2) is 5.00. The van der Waals surface area contributed by atoms with Crippen molar-refractivity contribution in [3.8, 4) is 0 Å². The highest BCUT2D eigenvalue weighted by Gasteiger charge is 2.33. The Morgan fingerprint density at radius 2 is 2.29 bits per heavy atom. The highest BCUT2D eigenvalue weighted by Crippen LogP contribution is 2.36. The van der Waals surface area contributed by atoms with Crippen LogP contribution >= 0.6 is 11.5 Å². The predicted molar refractivity (Wildman–Crippen MR) is 66.4 cm³/mol. The minimum absolute atomic E-state index is 0.000428. The van der Waals surface area contributed by atoms with E-state index in [9.17, 15) is 4.79 Å². The molecule has 0 saturated heterocycles. The fraction of sp³-hybridized carbons (Fsp3) is 0.727. The van der Waals surface area contributed by atoms with E-state index < -0.39 is 5.97 Å². The first-order valence-electron chi connectivity index (χ1n) is 5.88. The standard InChI is InChI=1S/C11H17N3O2S/c1-6(2)10-13-11(17-14-10)12-8(5-9(15)16)7-3-4-7/h6-8H,3-5H2,1-2H3,(H,15,16)(H,12,13,14). The molecule has 0 aliphatic heterocycles. The molecule has 0 bridgehead atoms. The summed E-state index contributed by atoms with van der Waals surface area (Å²) in [6.45, 7) is 4.09. The molecule has 1 atom stereocenters. The van der Waals surface area contributed by atoms with Crippen molar-refractivity contribution in [2.75, 3.05) is 5.32 Å². The number of hydrogen-bond donors (Lipinski definition) is 2. The van der Waals surface area contributed by atoms with Crippen LogP contribution in [-0.4, -0.2) is 26.5 Å². The van der Waals surface area contributed by atoms with Crippen molar-refractivity contribution in [2.45, 2.75) is 45.1 Å². The highest BCUT2D eigenvalue weighted by atomic mass is 32.1. The van der Waals surface area contributed by atoms with Gasteiger partial charge in [0.15, 0.2) is 0 Å². The Hall–Kier alpha value is -1.17. The number of rotatable bonds is 6. The summed E-state index contributed by atoms with van der Waals surface area (Å²) < 4.78 is 4.25. The van der Waals surface area contributed by atoms with Crippen molar-refractivity contribution < 1.29 is 9.90 Å². The van der Waals surface area contributed by atoms with Crippen LogP contribution in [0.2, 0.25) is 0 Å². The third-order valence-electron chi connectivity index (χ3n) is 2.85. The summed E-state index contributed by atoms with van der Waals surface area (Å²) in [4.78, 5) is 15.1. The summed E-state index contributed by atoms with van der Waals surface area (Å²) >= 11 is 1.31. The smallest absolute Gasteiger partial charge is 0.305 e. The third-order valence-corrected chi connectivity index (χ3v) is 3.51. The number of carboxylic acid groups (broad SMARTS) is 1. The van der Waals surface area contributed by atoms with Gasteiger partial charge >= 0.3 is 5.97 Å². The highest BCUT2D eigenvalue weighted by molar-refractivity contribution is 7.09.